The number of hydrogen-bond acceptors (Lipinski definition) is 6. The Hall–Kier alpha value is -1.22. The van der Waals surface area contributed by atoms with E-state index in [-0.39, 0.29) is 6.61 Å². The smallest absolute Gasteiger partial charge is 0.227 e. The molecule has 1 aliphatic heterocycles. The van der Waals surface area contributed by atoms with Gasteiger partial charge in [-0.2, -0.15) is 0 Å². The Morgan fingerprint density at radius 3 is 2.89 bits per heavy atom. The van der Waals surface area contributed by atoms with Gasteiger partial charge in [-0.1, -0.05) is 0 Å². The van der Waals surface area contributed by atoms with Crippen molar-refractivity contribution in [3.8, 4) is 10.7 Å². The number of aliphatic hydroxyl groups is 1. The van der Waals surface area contributed by atoms with Gasteiger partial charge in [0.25, 0.3) is 0 Å². The summed E-state index contributed by atoms with van der Waals surface area (Å²) >= 11 is 7.12. The van der Waals surface area contributed by atoms with Gasteiger partial charge in [-0.25, -0.2) is 0 Å². The number of nitrogens with zero attached hydrogens (tertiary/aromatic N) is 4. The van der Waals surface area contributed by atoms with E-state index in [0.29, 0.717) is 0 Å². The fraction of sp³-hybridized carbons (Fsp3) is 0.474. The Bertz CT molecular complexity index is 888. The van der Waals surface area contributed by atoms with E-state index in [9.17, 15) is 0 Å². The van der Waals surface area contributed by atoms with Crippen molar-refractivity contribution in [1.82, 2.24) is 14.8 Å². The summed E-state index contributed by atoms with van der Waals surface area (Å²) in [6.45, 7) is 3.04. The highest BCUT2D eigenvalue weighted by Crippen LogP contribution is 2.33. The Morgan fingerprint density at radius 2 is 2.07 bits per heavy atom. The third-order valence-corrected chi connectivity index (χ3v) is 7.52. The van der Waals surface area contributed by atoms with Gasteiger partial charge in [-0.3, -0.25) is 4.57 Å². The molecule has 0 aromatic carbocycles. The van der Waals surface area contributed by atoms with E-state index >= 15 is 0 Å². The Labute approximate surface area is 175 Å². The number of hydrogen-bond donors (Lipinski definition) is 1. The number of unbranched alkanes of at least 4 members (excludes halogenated alkanes) is 2. The zero-order valence-corrected chi connectivity index (χ0v) is 18.3. The summed E-state index contributed by atoms with van der Waals surface area (Å²) < 4.78 is 3.37. The van der Waals surface area contributed by atoms with Crippen molar-refractivity contribution in [3.05, 3.63) is 37.8 Å². The van der Waals surface area contributed by atoms with Crippen LogP contribution in [-0.4, -0.2) is 33.0 Å². The molecule has 0 radical (unpaired) electrons. The zero-order chi connectivity index (χ0) is 18.6. The molecule has 0 saturated carbocycles. The minimum atomic E-state index is 0.257. The monoisotopic (exact) mass is 466 g/mol. The third-order valence-electron chi connectivity index (χ3n) is 4.88. The number of halogens is 1. The molecule has 1 aliphatic rings. The summed E-state index contributed by atoms with van der Waals surface area (Å²) in [5.74, 6) is 1.91. The third kappa shape index (κ3) is 4.29. The molecule has 0 saturated heterocycles. The van der Waals surface area contributed by atoms with E-state index in [1.54, 1.807) is 11.3 Å². The first kappa shape index (κ1) is 19.1. The highest BCUT2D eigenvalue weighted by molar-refractivity contribution is 9.11. The van der Waals surface area contributed by atoms with Crippen LogP contribution in [0.25, 0.3) is 10.7 Å². The lowest BCUT2D eigenvalue weighted by atomic mass is 10.2. The molecule has 4 heterocycles. The van der Waals surface area contributed by atoms with Crippen LogP contribution in [0, 0.1) is 0 Å². The summed E-state index contributed by atoms with van der Waals surface area (Å²) in [4.78, 5) is 5.02. The highest BCUT2D eigenvalue weighted by Gasteiger charge is 2.23. The second-order valence-corrected chi connectivity index (χ2v) is 10.2. The van der Waals surface area contributed by atoms with E-state index in [2.05, 4.69) is 59.2 Å². The van der Waals surface area contributed by atoms with Crippen molar-refractivity contribution in [2.45, 2.75) is 45.2 Å². The first-order valence-electron chi connectivity index (χ1n) is 9.36. The summed E-state index contributed by atoms with van der Waals surface area (Å²) in [7, 11) is 0. The van der Waals surface area contributed by atoms with Gasteiger partial charge in [0.05, 0.1) is 8.66 Å². The van der Waals surface area contributed by atoms with E-state index in [1.165, 1.54) is 10.4 Å². The van der Waals surface area contributed by atoms with Crippen molar-refractivity contribution < 1.29 is 5.11 Å². The van der Waals surface area contributed by atoms with Gasteiger partial charge in [0.2, 0.25) is 5.95 Å². The SMILES string of the molecule is OCCCCCn1c(-c2ccc(Br)s2)nnc1N1CCCc2sccc2C1. The fourth-order valence-corrected chi connectivity index (χ4v) is 5.85. The van der Waals surface area contributed by atoms with Crippen LogP contribution >= 0.6 is 38.6 Å². The topological polar surface area (TPSA) is 54.2 Å². The molecule has 27 heavy (non-hydrogen) atoms. The van der Waals surface area contributed by atoms with Crippen LogP contribution in [0.1, 0.15) is 36.1 Å². The lowest BCUT2D eigenvalue weighted by Gasteiger charge is -2.22. The number of thiophene rings is 2. The summed E-state index contributed by atoms with van der Waals surface area (Å²) in [6.07, 6.45) is 5.17. The molecule has 4 rings (SSSR count). The van der Waals surface area contributed by atoms with Gasteiger partial charge >= 0.3 is 0 Å². The van der Waals surface area contributed by atoms with E-state index < -0.39 is 0 Å². The Morgan fingerprint density at radius 1 is 1.15 bits per heavy atom. The molecule has 144 valence electrons. The minimum absolute atomic E-state index is 0.257. The molecule has 0 bridgehead atoms. The highest BCUT2D eigenvalue weighted by atomic mass is 79.9. The van der Waals surface area contributed by atoms with Crippen LogP contribution in [0.2, 0.25) is 0 Å². The molecule has 0 aliphatic carbocycles. The number of rotatable bonds is 7. The van der Waals surface area contributed by atoms with Crippen molar-refractivity contribution in [2.24, 2.45) is 0 Å². The molecule has 1 N–H and O–H groups in total. The second kappa shape index (κ2) is 8.86. The van der Waals surface area contributed by atoms with E-state index in [4.69, 9.17) is 5.11 Å². The van der Waals surface area contributed by atoms with Crippen molar-refractivity contribution in [3.63, 3.8) is 0 Å². The molecular formula is C19H23BrN4OS2. The van der Waals surface area contributed by atoms with Gasteiger partial charge in [-0.05, 0) is 77.2 Å². The van der Waals surface area contributed by atoms with Crippen molar-refractivity contribution in [1.29, 1.82) is 0 Å². The molecule has 3 aromatic heterocycles. The lowest BCUT2D eigenvalue weighted by molar-refractivity contribution is 0.282. The number of anilines is 1. The molecule has 0 amide bonds. The zero-order valence-electron chi connectivity index (χ0n) is 15.1. The summed E-state index contributed by atoms with van der Waals surface area (Å²) in [6, 6.07) is 6.41. The van der Waals surface area contributed by atoms with Gasteiger partial charge in [0, 0.05) is 31.1 Å². The van der Waals surface area contributed by atoms with Crippen LogP contribution in [0.3, 0.4) is 0 Å². The second-order valence-electron chi connectivity index (χ2n) is 6.76. The van der Waals surface area contributed by atoms with Crippen molar-refractivity contribution >= 4 is 44.6 Å². The maximum absolute atomic E-state index is 9.08. The van der Waals surface area contributed by atoms with Gasteiger partial charge in [0.1, 0.15) is 0 Å². The van der Waals surface area contributed by atoms with Crippen LogP contribution in [0.4, 0.5) is 5.95 Å². The molecule has 3 aromatic rings. The van der Waals surface area contributed by atoms with Gasteiger partial charge in [0.15, 0.2) is 5.82 Å². The number of aromatic nitrogens is 3. The Balaban J connectivity index is 1.64. The van der Waals surface area contributed by atoms with Crippen LogP contribution in [0.15, 0.2) is 27.4 Å². The normalized spacial score (nSPS) is 14.4. The Kier molecular flexibility index (Phi) is 6.27. The first-order valence-corrected chi connectivity index (χ1v) is 11.8. The molecular weight excluding hydrogens is 444 g/mol. The predicted molar refractivity (Wildman–Crippen MR) is 116 cm³/mol. The van der Waals surface area contributed by atoms with Crippen molar-refractivity contribution in [2.75, 3.05) is 18.1 Å². The number of aryl methyl sites for hydroxylation is 1. The quantitative estimate of drug-likeness (QED) is 0.500. The molecule has 8 heteroatoms. The molecule has 5 nitrogen and oxygen atoms in total. The molecule has 0 atom stereocenters. The standard InChI is InChI=1S/C19H23BrN4OS2/c20-17-7-6-16(27-17)18-21-22-19(24(18)10-2-1-3-11-25)23-9-4-5-15-14(13-23)8-12-26-15/h6-8,12,25H,1-5,9-11,13H2. The average Bonchev–Trinajstić information content (AvgIpc) is 3.36. The van der Waals surface area contributed by atoms with Crippen LogP contribution in [0.5, 0.6) is 0 Å². The first-order chi connectivity index (χ1) is 13.3. The van der Waals surface area contributed by atoms with Crippen LogP contribution in [-0.2, 0) is 19.5 Å². The number of aliphatic hydroxyl groups excluding tert-OH is 1. The van der Waals surface area contributed by atoms with Gasteiger partial charge in [-0.15, -0.1) is 32.9 Å². The van der Waals surface area contributed by atoms with E-state index in [1.807, 2.05) is 11.3 Å². The lowest BCUT2D eigenvalue weighted by Crippen LogP contribution is -2.26. The van der Waals surface area contributed by atoms with E-state index in [0.717, 1.165) is 72.2 Å². The summed E-state index contributed by atoms with van der Waals surface area (Å²) in [5, 5.41) is 20.4. The number of fused-ring (bicyclic) bond motifs is 1. The molecule has 0 unspecified atom stereocenters. The largest absolute Gasteiger partial charge is 0.396 e. The maximum atomic E-state index is 9.08. The molecule has 0 spiro atoms. The fourth-order valence-electron chi connectivity index (χ4n) is 3.52. The van der Waals surface area contributed by atoms with Crippen LogP contribution < -0.4 is 4.90 Å². The molecule has 0 fully saturated rings. The average molecular weight is 467 g/mol. The minimum Gasteiger partial charge on any atom is -0.396 e. The van der Waals surface area contributed by atoms with Gasteiger partial charge < -0.3 is 10.0 Å². The summed E-state index contributed by atoms with van der Waals surface area (Å²) in [5.41, 5.74) is 1.42. The predicted octanol–water partition coefficient (Wildman–Crippen LogP) is 4.95. The maximum Gasteiger partial charge on any atom is 0.227 e.